The number of carbonyl (C=O) groups excluding carboxylic acids is 1. The van der Waals surface area contributed by atoms with Crippen molar-refractivity contribution in [1.29, 1.82) is 0 Å². The molecule has 0 radical (unpaired) electrons. The largest absolute Gasteiger partial charge is 0.490 e. The zero-order valence-electron chi connectivity index (χ0n) is 17.4. The van der Waals surface area contributed by atoms with Crippen LogP contribution in [0, 0.1) is 17.7 Å². The second-order valence-corrected chi connectivity index (χ2v) is 8.14. The quantitative estimate of drug-likeness (QED) is 0.696. The number of hydrogen-bond acceptors (Lipinski definition) is 5. The predicted octanol–water partition coefficient (Wildman–Crippen LogP) is 2.85. The van der Waals surface area contributed by atoms with Gasteiger partial charge in [0.2, 0.25) is 0 Å². The maximum absolute atomic E-state index is 13.1. The highest BCUT2D eigenvalue weighted by Gasteiger charge is 2.40. The first-order valence-corrected chi connectivity index (χ1v) is 10.5. The molecule has 0 saturated carbocycles. The number of carboxylic acid groups (broad SMARTS) is 1. The number of amides is 1. The zero-order valence-corrected chi connectivity index (χ0v) is 17.4. The molecule has 1 aromatic carbocycles. The van der Waals surface area contributed by atoms with Gasteiger partial charge in [-0.25, -0.2) is 14.2 Å². The average Bonchev–Trinajstić information content (AvgIpc) is 3.29. The number of benzene rings is 1. The van der Waals surface area contributed by atoms with Gasteiger partial charge < -0.3 is 9.84 Å². The number of likely N-dealkylation sites (tertiary alicyclic amines) is 1. The van der Waals surface area contributed by atoms with Gasteiger partial charge in [0.25, 0.3) is 5.91 Å². The number of carbonyl (C=O) groups is 2. The fourth-order valence-corrected chi connectivity index (χ4v) is 4.19. The van der Waals surface area contributed by atoms with Crippen molar-refractivity contribution in [3.8, 4) is 0 Å². The van der Waals surface area contributed by atoms with Crippen LogP contribution in [0.4, 0.5) is 17.6 Å². The number of halogens is 4. The smallest absolute Gasteiger partial charge is 0.475 e. The summed E-state index contributed by atoms with van der Waals surface area (Å²) in [4.78, 5) is 29.2. The molecule has 3 aliphatic heterocycles. The Morgan fingerprint density at radius 2 is 1.84 bits per heavy atom. The molecule has 32 heavy (non-hydrogen) atoms. The minimum atomic E-state index is -5.08. The Morgan fingerprint density at radius 1 is 1.16 bits per heavy atom. The van der Waals surface area contributed by atoms with E-state index in [-0.39, 0.29) is 23.7 Å². The van der Waals surface area contributed by atoms with Crippen LogP contribution in [0.5, 0.6) is 0 Å². The van der Waals surface area contributed by atoms with Crippen molar-refractivity contribution in [3.63, 3.8) is 0 Å². The molecule has 0 spiro atoms. The van der Waals surface area contributed by atoms with Crippen LogP contribution < -0.4 is 0 Å². The highest BCUT2D eigenvalue weighted by molar-refractivity contribution is 5.78. The minimum Gasteiger partial charge on any atom is -0.475 e. The molecule has 1 amide bonds. The Morgan fingerprint density at radius 3 is 2.44 bits per heavy atom. The Labute approximate surface area is 182 Å². The summed E-state index contributed by atoms with van der Waals surface area (Å²) in [6, 6.07) is 6.71. The molecule has 3 aliphatic rings. The van der Waals surface area contributed by atoms with Crippen molar-refractivity contribution in [1.82, 2.24) is 9.96 Å². The van der Waals surface area contributed by atoms with Crippen LogP contribution in [-0.2, 0) is 25.7 Å². The first kappa shape index (κ1) is 24.4. The monoisotopic (exact) mass is 462 g/mol. The van der Waals surface area contributed by atoms with Crippen molar-refractivity contribution in [2.24, 2.45) is 11.8 Å². The zero-order chi connectivity index (χ0) is 23.3. The summed E-state index contributed by atoms with van der Waals surface area (Å²) < 4.78 is 50.8. The number of fused-ring (bicyclic) bond motifs is 1. The number of alkyl halides is 3. The number of rotatable bonds is 3. The molecule has 4 rings (SSSR count). The van der Waals surface area contributed by atoms with E-state index in [1.165, 1.54) is 17.2 Å². The van der Waals surface area contributed by atoms with Crippen molar-refractivity contribution in [3.05, 3.63) is 35.6 Å². The van der Waals surface area contributed by atoms with Gasteiger partial charge in [-0.05, 0) is 42.9 Å². The number of nitrogens with zero attached hydrogens (tertiary/aromatic N) is 2. The summed E-state index contributed by atoms with van der Waals surface area (Å²) in [5.41, 5.74) is 1.12. The molecule has 178 valence electrons. The third-order valence-electron chi connectivity index (χ3n) is 5.76. The fourth-order valence-electron chi connectivity index (χ4n) is 4.19. The summed E-state index contributed by atoms with van der Waals surface area (Å²) >= 11 is 0. The molecular weight excluding hydrogens is 436 g/mol. The number of ether oxygens (including phenoxy) is 1. The molecule has 3 fully saturated rings. The summed E-state index contributed by atoms with van der Waals surface area (Å²) in [6.45, 7) is 4.56. The number of piperidine rings is 1. The van der Waals surface area contributed by atoms with Gasteiger partial charge in [0.15, 0.2) is 0 Å². The van der Waals surface area contributed by atoms with E-state index in [2.05, 4.69) is 4.90 Å². The molecule has 0 unspecified atom stereocenters. The van der Waals surface area contributed by atoms with E-state index in [0.717, 1.165) is 44.5 Å². The van der Waals surface area contributed by atoms with Gasteiger partial charge in [0, 0.05) is 19.6 Å². The highest BCUT2D eigenvalue weighted by atomic mass is 19.4. The van der Waals surface area contributed by atoms with Gasteiger partial charge in [-0.15, -0.1) is 0 Å². The van der Waals surface area contributed by atoms with Gasteiger partial charge in [-0.3, -0.25) is 14.5 Å². The lowest BCUT2D eigenvalue weighted by Crippen LogP contribution is -2.50. The molecule has 11 heteroatoms. The Hall–Kier alpha value is -2.24. The van der Waals surface area contributed by atoms with Crippen molar-refractivity contribution < 1.29 is 41.8 Å². The van der Waals surface area contributed by atoms with Crippen LogP contribution >= 0.6 is 0 Å². The van der Waals surface area contributed by atoms with Crippen LogP contribution in [0.2, 0.25) is 0 Å². The summed E-state index contributed by atoms with van der Waals surface area (Å²) in [6.07, 6.45) is -2.05. The Kier molecular flexibility index (Phi) is 8.07. The molecule has 0 aromatic heterocycles. The Balaban J connectivity index is 0.000000360. The molecule has 1 N–H and O–H groups in total. The molecule has 0 aliphatic carbocycles. The van der Waals surface area contributed by atoms with Gasteiger partial charge in [0.1, 0.15) is 5.82 Å². The van der Waals surface area contributed by atoms with Crippen molar-refractivity contribution in [2.75, 3.05) is 32.8 Å². The van der Waals surface area contributed by atoms with Crippen LogP contribution in [0.15, 0.2) is 24.3 Å². The molecule has 3 saturated heterocycles. The van der Waals surface area contributed by atoms with Crippen LogP contribution in [0.1, 0.15) is 24.8 Å². The van der Waals surface area contributed by atoms with Crippen LogP contribution in [0.25, 0.3) is 0 Å². The van der Waals surface area contributed by atoms with Gasteiger partial charge in [-0.1, -0.05) is 12.1 Å². The number of aliphatic carboxylic acids is 1. The second kappa shape index (κ2) is 10.6. The Bertz CT molecular complexity index is 783. The topological polar surface area (TPSA) is 79.3 Å². The van der Waals surface area contributed by atoms with Crippen LogP contribution in [0.3, 0.4) is 0 Å². The first-order chi connectivity index (χ1) is 15.1. The maximum Gasteiger partial charge on any atom is 0.490 e. The molecule has 0 bridgehead atoms. The molecular formula is C21H26F4N2O5. The fraction of sp³-hybridized carbons (Fsp3) is 0.619. The summed E-state index contributed by atoms with van der Waals surface area (Å²) in [5.74, 6) is -2.60. The van der Waals surface area contributed by atoms with E-state index < -0.39 is 12.1 Å². The first-order valence-electron chi connectivity index (χ1n) is 10.5. The van der Waals surface area contributed by atoms with E-state index in [9.17, 15) is 22.4 Å². The second-order valence-electron chi connectivity index (χ2n) is 8.14. The third-order valence-corrected chi connectivity index (χ3v) is 5.76. The lowest BCUT2D eigenvalue weighted by Gasteiger charge is -2.43. The number of hydroxylamine groups is 2. The minimum absolute atomic E-state index is 0.0756. The number of hydrogen-bond donors (Lipinski definition) is 1. The standard InChI is InChI=1S/C19H25FN2O3.C2HF3O2/c20-17-4-2-14(3-5-17)11-21-8-6-18-15(12-21)10-16(13-24-18)19(23)22-7-1-9-25-22;3-2(4,5)1(6)7/h2-5,15-16,18H,1,6-13H2;(H,6,7)/t15-,16-,18+;/m0./s1. The average molecular weight is 462 g/mol. The van der Waals surface area contributed by atoms with Crippen molar-refractivity contribution >= 4 is 11.9 Å². The predicted molar refractivity (Wildman–Crippen MR) is 104 cm³/mol. The lowest BCUT2D eigenvalue weighted by molar-refractivity contribution is -0.192. The van der Waals surface area contributed by atoms with Gasteiger partial charge >= 0.3 is 12.1 Å². The molecule has 1 aromatic rings. The van der Waals surface area contributed by atoms with E-state index >= 15 is 0 Å². The van der Waals surface area contributed by atoms with E-state index in [0.29, 0.717) is 25.7 Å². The van der Waals surface area contributed by atoms with Crippen molar-refractivity contribution in [2.45, 2.75) is 38.1 Å². The SMILES string of the molecule is O=C(O)C(F)(F)F.O=C([C@@H]1CO[C@@H]2CCN(Cc3ccc(F)cc3)C[C@@H]2C1)N1CCCO1. The molecule has 3 atom stereocenters. The van der Waals surface area contributed by atoms with Gasteiger partial charge in [0.05, 0.1) is 31.8 Å². The van der Waals surface area contributed by atoms with E-state index in [1.54, 1.807) is 0 Å². The highest BCUT2D eigenvalue weighted by Crippen LogP contribution is 2.33. The van der Waals surface area contributed by atoms with E-state index in [4.69, 9.17) is 19.5 Å². The van der Waals surface area contributed by atoms with E-state index in [1.807, 2.05) is 12.1 Å². The molecule has 3 heterocycles. The maximum atomic E-state index is 13.1. The summed E-state index contributed by atoms with van der Waals surface area (Å²) in [7, 11) is 0. The van der Waals surface area contributed by atoms with Gasteiger partial charge in [-0.2, -0.15) is 13.2 Å². The third kappa shape index (κ3) is 6.63. The number of carboxylic acids is 1. The normalized spacial score (nSPS) is 26.1. The van der Waals surface area contributed by atoms with Crippen LogP contribution in [-0.4, -0.2) is 72.1 Å². The lowest BCUT2D eigenvalue weighted by atomic mass is 9.83. The molecule has 7 nitrogen and oxygen atoms in total. The summed E-state index contributed by atoms with van der Waals surface area (Å²) in [5, 5.41) is 8.65.